The number of carbonyl (C=O) groups excluding carboxylic acids is 6. The van der Waals surface area contributed by atoms with Crippen LogP contribution in [0.5, 0.6) is 5.75 Å². The maximum absolute atomic E-state index is 13.7. The predicted molar refractivity (Wildman–Crippen MR) is 257 cm³/mol. The van der Waals surface area contributed by atoms with Crippen LogP contribution in [-0.4, -0.2) is 218 Å². The number of hydrogen-bond donors (Lipinski definition) is 7. The second-order valence-electron chi connectivity index (χ2n) is 17.5. The van der Waals surface area contributed by atoms with Crippen LogP contribution in [0.2, 0.25) is 0 Å². The van der Waals surface area contributed by atoms with Crippen molar-refractivity contribution >= 4 is 65.7 Å². The van der Waals surface area contributed by atoms with Gasteiger partial charge in [-0.3, -0.25) is 58.1 Å². The lowest BCUT2D eigenvalue weighted by atomic mass is 9.86. The van der Waals surface area contributed by atoms with Crippen molar-refractivity contribution in [2.24, 2.45) is 0 Å². The van der Waals surface area contributed by atoms with Gasteiger partial charge < -0.3 is 50.4 Å². The number of pyridine rings is 1. The normalized spacial score (nSPS) is 17.5. The third kappa shape index (κ3) is 21.7. The molecule has 1 aromatic heterocycles. The number of aldehydes is 1. The fourth-order valence-electron chi connectivity index (χ4n) is 8.17. The third-order valence-corrected chi connectivity index (χ3v) is 12.4. The van der Waals surface area contributed by atoms with Gasteiger partial charge in [0.25, 0.3) is 5.91 Å². The van der Waals surface area contributed by atoms with E-state index in [0.717, 1.165) is 13.8 Å². The van der Waals surface area contributed by atoms with Crippen LogP contribution in [0, 0.1) is 0 Å². The minimum absolute atomic E-state index is 0.0444. The zero-order chi connectivity index (χ0) is 52.6. The monoisotopic (exact) mass is 1030 g/mol. The second-order valence-corrected chi connectivity index (χ2v) is 18.5. The van der Waals surface area contributed by atoms with Crippen molar-refractivity contribution in [1.29, 1.82) is 0 Å². The highest BCUT2D eigenvalue weighted by Crippen LogP contribution is 2.19. The van der Waals surface area contributed by atoms with Gasteiger partial charge in [-0.25, -0.2) is 0 Å². The second kappa shape index (κ2) is 30.0. The Labute approximate surface area is 418 Å². The van der Waals surface area contributed by atoms with Gasteiger partial charge in [0.2, 0.25) is 23.6 Å². The van der Waals surface area contributed by atoms with Crippen LogP contribution in [0.15, 0.2) is 42.6 Å². The number of carbonyl (C=O) groups is 8. The van der Waals surface area contributed by atoms with E-state index in [2.05, 4.69) is 30.4 Å². The summed E-state index contributed by atoms with van der Waals surface area (Å²) < 4.78 is 39.4. The molecule has 4 rings (SSSR count). The minimum atomic E-state index is -5.28. The average molecular weight is 1030 g/mol. The molecule has 72 heavy (non-hydrogen) atoms. The van der Waals surface area contributed by atoms with Gasteiger partial charge >= 0.3 is 29.9 Å². The first-order valence-electron chi connectivity index (χ1n) is 23.7. The standard InChI is InChI=1S/C45H65BFN10O14S/c1-32(45(67)57-15-5-9-38(57)46-68)51-43(65)34-12-14-48-35(27-34)28-50-44(66)37(52-39(59)11-10-33-6-4-7-36(26-33)71-72(47,69)70)8-2-3-13-49-40(60)29-54-18-16-53(24-25-58)17-19-55(30-41(61)62)22-23-56(21-20-54)31-42(63)64/h4,6-7,12,14,25-27,32,37-38,68H,2-3,5,8-11,13,15-24,28-31H2,1H3,(H,49,60)(H,50,66)(H,51,65)(H,52,59)(H,61,62)(H,63,64)/t32?,37?,38-/m0/s1. The molecule has 0 aliphatic carbocycles. The summed E-state index contributed by atoms with van der Waals surface area (Å²) in [5, 5.41) is 39.4. The number of aryl methyl sites for hydroxylation is 1. The lowest BCUT2D eigenvalue weighted by molar-refractivity contribution is -0.140. The molecule has 27 heteroatoms. The number of aliphatic carboxylic acids is 2. The number of halogens is 1. The zero-order valence-corrected chi connectivity index (χ0v) is 41.1. The quantitative estimate of drug-likeness (QED) is 0.0231. The number of nitrogens with zero attached hydrogens (tertiary/aromatic N) is 6. The van der Waals surface area contributed by atoms with E-state index < -0.39 is 58.2 Å². The predicted octanol–water partition coefficient (Wildman–Crippen LogP) is -2.04. The molecule has 5 amide bonds. The van der Waals surface area contributed by atoms with E-state index in [1.807, 2.05) is 9.80 Å². The zero-order valence-electron chi connectivity index (χ0n) is 40.3. The van der Waals surface area contributed by atoms with Gasteiger partial charge in [0.1, 0.15) is 24.1 Å². The fraction of sp³-hybridized carbons (Fsp3) is 0.578. The molecule has 0 spiro atoms. The number of hydrogen-bond acceptors (Lipinski definition) is 17. The molecule has 3 heterocycles. The summed E-state index contributed by atoms with van der Waals surface area (Å²) in [7, 11) is -4.32. The lowest BCUT2D eigenvalue weighted by Gasteiger charge is -2.32. The molecule has 0 saturated carbocycles. The molecule has 3 atom stereocenters. The third-order valence-electron chi connectivity index (χ3n) is 12.0. The molecular weight excluding hydrogens is 966 g/mol. The largest absolute Gasteiger partial charge is 0.488 e. The van der Waals surface area contributed by atoms with Gasteiger partial charge in [0.15, 0.2) is 0 Å². The van der Waals surface area contributed by atoms with E-state index in [1.165, 1.54) is 41.4 Å². The first-order chi connectivity index (χ1) is 34.3. The molecule has 2 aliphatic heterocycles. The smallest absolute Gasteiger partial charge is 0.480 e. The summed E-state index contributed by atoms with van der Waals surface area (Å²) in [6, 6.07) is 6.40. The van der Waals surface area contributed by atoms with Gasteiger partial charge in [-0.1, -0.05) is 16.0 Å². The molecule has 1 aromatic carbocycles. The summed E-state index contributed by atoms with van der Waals surface area (Å²) in [4.78, 5) is 114. The van der Waals surface area contributed by atoms with Crippen LogP contribution in [-0.2, 0) is 57.0 Å². The molecule has 7 N–H and O–H groups in total. The molecule has 2 fully saturated rings. The number of rotatable bonds is 26. The van der Waals surface area contributed by atoms with E-state index in [0.29, 0.717) is 76.2 Å². The average Bonchev–Trinajstić information content (AvgIpc) is 3.81. The molecular formula is C45H65BFN10O14S. The highest BCUT2D eigenvalue weighted by molar-refractivity contribution is 7.81. The van der Waals surface area contributed by atoms with Gasteiger partial charge in [-0.15, -0.1) is 0 Å². The molecule has 395 valence electrons. The van der Waals surface area contributed by atoms with Crippen molar-refractivity contribution in [3.8, 4) is 5.75 Å². The number of carboxylic acid groups (broad SMARTS) is 2. The van der Waals surface area contributed by atoms with Gasteiger partial charge in [0.05, 0.1) is 38.4 Å². The molecule has 0 bridgehead atoms. The van der Waals surface area contributed by atoms with Gasteiger partial charge in [-0.05, 0) is 75.3 Å². The van der Waals surface area contributed by atoms with Crippen molar-refractivity contribution in [2.75, 3.05) is 91.6 Å². The van der Waals surface area contributed by atoms with Crippen LogP contribution in [0.25, 0.3) is 0 Å². The molecule has 2 unspecified atom stereocenters. The Bertz CT molecular complexity index is 2290. The summed E-state index contributed by atoms with van der Waals surface area (Å²) in [5.41, 5.74) is 0.911. The molecule has 2 aliphatic rings. The highest BCUT2D eigenvalue weighted by Gasteiger charge is 2.32. The summed E-state index contributed by atoms with van der Waals surface area (Å²) >= 11 is 0. The number of amides is 5. The number of likely N-dealkylation sites (tertiary alicyclic amines) is 1. The first-order valence-corrected chi connectivity index (χ1v) is 25.0. The van der Waals surface area contributed by atoms with Crippen molar-refractivity contribution in [1.82, 2.24) is 50.8 Å². The molecule has 1 radical (unpaired) electrons. The Kier molecular flexibility index (Phi) is 24.4. The molecule has 2 saturated heterocycles. The summed E-state index contributed by atoms with van der Waals surface area (Å²) in [6.45, 7) is 4.15. The van der Waals surface area contributed by atoms with Gasteiger partial charge in [0, 0.05) is 89.6 Å². The summed E-state index contributed by atoms with van der Waals surface area (Å²) in [5.74, 6) is -5.17. The van der Waals surface area contributed by atoms with E-state index in [4.69, 9.17) is 0 Å². The van der Waals surface area contributed by atoms with Crippen molar-refractivity contribution in [2.45, 2.75) is 76.4 Å². The maximum atomic E-state index is 13.7. The van der Waals surface area contributed by atoms with Crippen molar-refractivity contribution in [3.63, 3.8) is 0 Å². The van der Waals surface area contributed by atoms with E-state index in [-0.39, 0.29) is 101 Å². The van der Waals surface area contributed by atoms with Crippen LogP contribution in [0.4, 0.5) is 3.89 Å². The maximum Gasteiger partial charge on any atom is 0.488 e. The van der Waals surface area contributed by atoms with Gasteiger partial charge in [-0.2, -0.15) is 8.42 Å². The lowest BCUT2D eigenvalue weighted by Crippen LogP contribution is -2.50. The van der Waals surface area contributed by atoms with Crippen LogP contribution in [0.1, 0.15) is 67.1 Å². The topological polar surface area (TPSA) is 318 Å². The summed E-state index contributed by atoms with van der Waals surface area (Å²) in [6.07, 6.45) is 4.23. The first kappa shape index (κ1) is 58.4. The Hall–Kier alpha value is -6.13. The van der Waals surface area contributed by atoms with Crippen molar-refractivity contribution < 1.29 is 70.1 Å². The Morgan fingerprint density at radius 1 is 0.847 bits per heavy atom. The number of carboxylic acids is 2. The molecule has 2 aromatic rings. The van der Waals surface area contributed by atoms with E-state index >= 15 is 0 Å². The Morgan fingerprint density at radius 3 is 2.10 bits per heavy atom. The fourth-order valence-corrected chi connectivity index (χ4v) is 8.51. The SMILES string of the molecule is CC(NC(=O)c1ccnc(CNC(=O)C(CCCCNC(=O)CN2CCN(CC=O)CCN(CC(=O)O)CCN(CC(=O)O)CC2)NC(=O)CCc2cccc(OS(=O)(=O)F)c2)c1)C(=O)N1CCC[C@H]1[B]O. The number of nitrogens with one attached hydrogen (secondary N) is 4. The van der Waals surface area contributed by atoms with Crippen LogP contribution < -0.4 is 25.5 Å². The number of aromatic nitrogens is 1. The van der Waals surface area contributed by atoms with Crippen LogP contribution in [0.3, 0.4) is 0 Å². The molecule has 24 nitrogen and oxygen atoms in total. The minimum Gasteiger partial charge on any atom is -0.480 e. The number of unbranched alkanes of at least 4 members (excludes halogenated alkanes) is 1. The van der Waals surface area contributed by atoms with E-state index in [1.54, 1.807) is 22.8 Å². The van der Waals surface area contributed by atoms with Crippen molar-refractivity contribution in [3.05, 3.63) is 59.4 Å². The van der Waals surface area contributed by atoms with E-state index in [9.17, 15) is 65.9 Å². The highest BCUT2D eigenvalue weighted by atomic mass is 32.3. The number of benzene rings is 1. The van der Waals surface area contributed by atoms with Crippen LogP contribution >= 0.6 is 0 Å². The Morgan fingerprint density at radius 2 is 1.49 bits per heavy atom. The Balaban J connectivity index is 1.35.